The van der Waals surface area contributed by atoms with E-state index in [0.29, 0.717) is 34.0 Å². The Hall–Kier alpha value is -1.72. The maximum Gasteiger partial charge on any atom is 0.164 e. The maximum absolute atomic E-state index is 12.3. The molecule has 2 aromatic rings. The molecule has 0 unspecified atom stereocenters. The van der Waals surface area contributed by atoms with E-state index in [1.807, 2.05) is 0 Å². The van der Waals surface area contributed by atoms with Gasteiger partial charge < -0.3 is 9.80 Å². The van der Waals surface area contributed by atoms with Gasteiger partial charge in [-0.25, -0.2) is 0 Å². The Morgan fingerprint density at radius 1 is 0.643 bits per heavy atom. The third kappa shape index (κ3) is 6.14. The first-order valence-corrected chi connectivity index (χ1v) is 10.3. The second-order valence-corrected chi connectivity index (χ2v) is 7.92. The molecule has 0 radical (unpaired) electrons. The Labute approximate surface area is 176 Å². The summed E-state index contributed by atoms with van der Waals surface area (Å²) in [6, 6.07) is 14.1. The molecule has 0 atom stereocenters. The summed E-state index contributed by atoms with van der Waals surface area (Å²) >= 11 is 11.7. The maximum atomic E-state index is 12.3. The van der Waals surface area contributed by atoms with Gasteiger partial charge in [-0.1, -0.05) is 23.2 Å². The average molecular weight is 419 g/mol. The van der Waals surface area contributed by atoms with E-state index in [1.54, 1.807) is 48.5 Å². The second kappa shape index (κ2) is 10.2. The fourth-order valence-electron chi connectivity index (χ4n) is 3.32. The number of carbonyl (C=O) groups excluding carboxylic acids is 2. The fraction of sp³-hybridized carbons (Fsp3) is 0.364. The SMILES string of the molecule is O=C(CCN1CCN(CCC(=O)c2ccc(Cl)cc2)CC1)c1ccc(Cl)cc1. The van der Waals surface area contributed by atoms with E-state index in [0.717, 1.165) is 39.3 Å². The largest absolute Gasteiger partial charge is 0.300 e. The van der Waals surface area contributed by atoms with Crippen LogP contribution in [-0.2, 0) is 0 Å². The van der Waals surface area contributed by atoms with Gasteiger partial charge in [0.2, 0.25) is 0 Å². The number of carbonyl (C=O) groups is 2. The van der Waals surface area contributed by atoms with Crippen LogP contribution in [0.2, 0.25) is 10.0 Å². The van der Waals surface area contributed by atoms with E-state index < -0.39 is 0 Å². The molecule has 0 N–H and O–H groups in total. The summed E-state index contributed by atoms with van der Waals surface area (Å²) in [5, 5.41) is 1.28. The highest BCUT2D eigenvalue weighted by Crippen LogP contribution is 2.13. The number of ketones is 2. The van der Waals surface area contributed by atoms with Crippen LogP contribution in [0.4, 0.5) is 0 Å². The zero-order chi connectivity index (χ0) is 19.9. The van der Waals surface area contributed by atoms with Crippen LogP contribution < -0.4 is 0 Å². The normalized spacial score (nSPS) is 15.5. The zero-order valence-corrected chi connectivity index (χ0v) is 17.3. The fourth-order valence-corrected chi connectivity index (χ4v) is 3.57. The van der Waals surface area contributed by atoms with Crippen molar-refractivity contribution in [2.45, 2.75) is 12.8 Å². The summed E-state index contributed by atoms with van der Waals surface area (Å²) in [6.45, 7) is 5.20. The van der Waals surface area contributed by atoms with Gasteiger partial charge >= 0.3 is 0 Å². The summed E-state index contributed by atoms with van der Waals surface area (Å²) in [5.41, 5.74) is 1.42. The molecule has 1 heterocycles. The monoisotopic (exact) mass is 418 g/mol. The van der Waals surface area contributed by atoms with Gasteiger partial charge in [0.25, 0.3) is 0 Å². The molecular formula is C22H24Cl2N2O2. The van der Waals surface area contributed by atoms with Crippen LogP contribution in [0.25, 0.3) is 0 Å². The number of hydrogen-bond acceptors (Lipinski definition) is 4. The van der Waals surface area contributed by atoms with Crippen LogP contribution in [0.1, 0.15) is 33.6 Å². The molecule has 0 aliphatic carbocycles. The molecule has 4 nitrogen and oxygen atoms in total. The Morgan fingerprint density at radius 3 is 1.29 bits per heavy atom. The molecular weight excluding hydrogens is 395 g/mol. The molecule has 1 saturated heterocycles. The third-order valence-corrected chi connectivity index (χ3v) is 5.61. The summed E-state index contributed by atoms with van der Waals surface area (Å²) in [5.74, 6) is 0.292. The molecule has 0 saturated carbocycles. The van der Waals surface area contributed by atoms with Crippen LogP contribution in [0.3, 0.4) is 0 Å². The number of nitrogens with zero attached hydrogens (tertiary/aromatic N) is 2. The molecule has 1 aliphatic rings. The smallest absolute Gasteiger partial charge is 0.164 e. The molecule has 0 bridgehead atoms. The highest BCUT2D eigenvalue weighted by atomic mass is 35.5. The highest BCUT2D eigenvalue weighted by molar-refractivity contribution is 6.31. The lowest BCUT2D eigenvalue weighted by Gasteiger charge is -2.34. The number of halogens is 2. The molecule has 148 valence electrons. The van der Waals surface area contributed by atoms with Crippen LogP contribution in [0.15, 0.2) is 48.5 Å². The Bertz CT molecular complexity index is 729. The van der Waals surface area contributed by atoms with Crippen molar-refractivity contribution < 1.29 is 9.59 Å². The minimum absolute atomic E-state index is 0.146. The van der Waals surface area contributed by atoms with Crippen molar-refractivity contribution in [3.05, 3.63) is 69.7 Å². The number of benzene rings is 2. The molecule has 0 spiro atoms. The first kappa shape index (κ1) is 21.0. The van der Waals surface area contributed by atoms with Gasteiger partial charge in [0.05, 0.1) is 0 Å². The van der Waals surface area contributed by atoms with Gasteiger partial charge in [-0.2, -0.15) is 0 Å². The van der Waals surface area contributed by atoms with Crippen LogP contribution in [-0.4, -0.2) is 60.6 Å². The molecule has 6 heteroatoms. The second-order valence-electron chi connectivity index (χ2n) is 7.04. The van der Waals surface area contributed by atoms with E-state index in [2.05, 4.69) is 9.80 Å². The summed E-state index contributed by atoms with van der Waals surface area (Å²) < 4.78 is 0. The number of hydrogen-bond donors (Lipinski definition) is 0. The van der Waals surface area contributed by atoms with Gasteiger partial charge in [0, 0.05) is 73.3 Å². The molecule has 2 aromatic carbocycles. The number of piperazine rings is 1. The quantitative estimate of drug-likeness (QED) is 0.593. The topological polar surface area (TPSA) is 40.6 Å². The number of rotatable bonds is 8. The Balaban J connectivity index is 1.36. The van der Waals surface area contributed by atoms with Gasteiger partial charge in [-0.3, -0.25) is 9.59 Å². The average Bonchev–Trinajstić information content (AvgIpc) is 2.72. The molecule has 1 aliphatic heterocycles. The van der Waals surface area contributed by atoms with Gasteiger partial charge in [-0.05, 0) is 48.5 Å². The molecule has 0 aromatic heterocycles. The molecule has 28 heavy (non-hydrogen) atoms. The first-order chi connectivity index (χ1) is 13.5. The van der Waals surface area contributed by atoms with E-state index in [9.17, 15) is 9.59 Å². The van der Waals surface area contributed by atoms with Crippen LogP contribution >= 0.6 is 23.2 Å². The van der Waals surface area contributed by atoms with Gasteiger partial charge in [0.1, 0.15) is 0 Å². The van der Waals surface area contributed by atoms with Crippen molar-refractivity contribution in [1.82, 2.24) is 9.80 Å². The third-order valence-electron chi connectivity index (χ3n) is 5.11. The lowest BCUT2D eigenvalue weighted by Crippen LogP contribution is -2.47. The van der Waals surface area contributed by atoms with Crippen LogP contribution in [0, 0.1) is 0 Å². The lowest BCUT2D eigenvalue weighted by atomic mass is 10.1. The van der Waals surface area contributed by atoms with Crippen molar-refractivity contribution in [3.8, 4) is 0 Å². The summed E-state index contributed by atoms with van der Waals surface area (Å²) in [6.07, 6.45) is 1.02. The van der Waals surface area contributed by atoms with Gasteiger partial charge in [0.15, 0.2) is 11.6 Å². The van der Waals surface area contributed by atoms with Gasteiger partial charge in [-0.15, -0.1) is 0 Å². The Kier molecular flexibility index (Phi) is 7.63. The van der Waals surface area contributed by atoms with Crippen molar-refractivity contribution in [1.29, 1.82) is 0 Å². The summed E-state index contributed by atoms with van der Waals surface area (Å²) in [4.78, 5) is 29.2. The Morgan fingerprint density at radius 2 is 0.964 bits per heavy atom. The van der Waals surface area contributed by atoms with Crippen molar-refractivity contribution >= 4 is 34.8 Å². The highest BCUT2D eigenvalue weighted by Gasteiger charge is 2.18. The van der Waals surface area contributed by atoms with Crippen molar-refractivity contribution in [3.63, 3.8) is 0 Å². The standard InChI is InChI=1S/C22H24Cl2N2O2/c23-19-5-1-17(2-6-19)21(27)9-11-25-13-15-26(16-14-25)12-10-22(28)18-3-7-20(24)8-4-18/h1-8H,9-16H2. The van der Waals surface area contributed by atoms with E-state index in [1.165, 1.54) is 0 Å². The predicted octanol–water partition coefficient (Wildman–Crippen LogP) is 4.46. The first-order valence-electron chi connectivity index (χ1n) is 9.53. The van der Waals surface area contributed by atoms with Crippen molar-refractivity contribution in [2.24, 2.45) is 0 Å². The molecule has 1 fully saturated rings. The zero-order valence-electron chi connectivity index (χ0n) is 15.7. The predicted molar refractivity (Wildman–Crippen MR) is 114 cm³/mol. The van der Waals surface area contributed by atoms with E-state index >= 15 is 0 Å². The number of Topliss-reactive ketones (excluding diaryl/α,β-unsaturated/α-hetero) is 2. The van der Waals surface area contributed by atoms with E-state index in [4.69, 9.17) is 23.2 Å². The lowest BCUT2D eigenvalue weighted by molar-refractivity contribution is 0.0885. The molecule has 3 rings (SSSR count). The minimum Gasteiger partial charge on any atom is -0.300 e. The minimum atomic E-state index is 0.146. The van der Waals surface area contributed by atoms with Crippen molar-refractivity contribution in [2.75, 3.05) is 39.3 Å². The van der Waals surface area contributed by atoms with Crippen LogP contribution in [0.5, 0.6) is 0 Å². The summed E-state index contributed by atoms with van der Waals surface area (Å²) in [7, 11) is 0. The van der Waals surface area contributed by atoms with E-state index in [-0.39, 0.29) is 11.6 Å². The molecule has 0 amide bonds.